The van der Waals surface area contributed by atoms with Crippen LogP contribution in [0.3, 0.4) is 0 Å². The van der Waals surface area contributed by atoms with Crippen LogP contribution in [-0.4, -0.2) is 30.3 Å². The van der Waals surface area contributed by atoms with Crippen molar-refractivity contribution in [1.29, 1.82) is 0 Å². The van der Waals surface area contributed by atoms with Crippen LogP contribution in [0, 0.1) is 5.82 Å². The summed E-state index contributed by atoms with van der Waals surface area (Å²) in [6, 6.07) is 1.72. The van der Waals surface area contributed by atoms with E-state index < -0.39 is 29.0 Å². The molecular formula is C11H10ClF4NO. The highest BCUT2D eigenvalue weighted by Gasteiger charge is 2.32. The Morgan fingerprint density at radius 3 is 2.50 bits per heavy atom. The Labute approximate surface area is 106 Å². The third-order valence-corrected chi connectivity index (χ3v) is 2.46. The molecule has 0 aliphatic heterocycles. The number of hydrogen-bond donors (Lipinski definition) is 0. The maximum Gasteiger partial charge on any atom is 0.416 e. The number of hydrogen-bond acceptors (Lipinski definition) is 1. The van der Waals surface area contributed by atoms with Crippen molar-refractivity contribution in [3.8, 4) is 0 Å². The summed E-state index contributed by atoms with van der Waals surface area (Å²) < 4.78 is 50.7. The molecule has 100 valence electrons. The molecule has 0 N–H and O–H groups in total. The van der Waals surface area contributed by atoms with Crippen LogP contribution in [0.4, 0.5) is 17.6 Å². The number of alkyl halides is 4. The topological polar surface area (TPSA) is 20.3 Å². The lowest BCUT2D eigenvalue weighted by atomic mass is 10.1. The van der Waals surface area contributed by atoms with Crippen LogP contribution in [0.2, 0.25) is 0 Å². The Morgan fingerprint density at radius 2 is 2.00 bits per heavy atom. The van der Waals surface area contributed by atoms with E-state index in [0.29, 0.717) is 18.2 Å². The summed E-state index contributed by atoms with van der Waals surface area (Å²) in [6.45, 7) is 0.121. The zero-order valence-electron chi connectivity index (χ0n) is 9.39. The summed E-state index contributed by atoms with van der Waals surface area (Å²) in [5.41, 5.74) is -1.68. The number of amides is 1. The van der Waals surface area contributed by atoms with Gasteiger partial charge in [0.25, 0.3) is 5.91 Å². The second kappa shape index (κ2) is 5.56. The van der Waals surface area contributed by atoms with Gasteiger partial charge in [0.15, 0.2) is 0 Å². The number of benzene rings is 1. The minimum atomic E-state index is -4.62. The van der Waals surface area contributed by atoms with Crippen LogP contribution in [0.1, 0.15) is 15.9 Å². The molecule has 18 heavy (non-hydrogen) atoms. The Bertz CT molecular complexity index is 447. The normalized spacial score (nSPS) is 11.4. The lowest BCUT2D eigenvalue weighted by molar-refractivity contribution is -0.137. The zero-order valence-corrected chi connectivity index (χ0v) is 10.1. The predicted octanol–water partition coefficient (Wildman–Crippen LogP) is 3.16. The summed E-state index contributed by atoms with van der Waals surface area (Å²) in [5.74, 6) is -1.71. The molecular weight excluding hydrogens is 274 g/mol. The average molecular weight is 284 g/mol. The second-order valence-corrected chi connectivity index (χ2v) is 3.99. The minimum absolute atomic E-state index is 0.114. The summed E-state index contributed by atoms with van der Waals surface area (Å²) in [7, 11) is 1.34. The van der Waals surface area contributed by atoms with Crippen molar-refractivity contribution in [3.05, 3.63) is 35.1 Å². The van der Waals surface area contributed by atoms with Gasteiger partial charge in [-0.1, -0.05) is 0 Å². The van der Waals surface area contributed by atoms with E-state index in [1.807, 2.05) is 0 Å². The van der Waals surface area contributed by atoms with Gasteiger partial charge in [-0.2, -0.15) is 13.2 Å². The average Bonchev–Trinajstić information content (AvgIpc) is 2.27. The van der Waals surface area contributed by atoms with Gasteiger partial charge in [-0.3, -0.25) is 4.79 Å². The van der Waals surface area contributed by atoms with Crippen LogP contribution in [0.5, 0.6) is 0 Å². The summed E-state index contributed by atoms with van der Waals surface area (Å²) >= 11 is 5.40. The predicted molar refractivity (Wildman–Crippen MR) is 59.1 cm³/mol. The quantitative estimate of drug-likeness (QED) is 0.616. The first-order valence-corrected chi connectivity index (χ1v) is 5.49. The van der Waals surface area contributed by atoms with Gasteiger partial charge >= 0.3 is 6.18 Å². The van der Waals surface area contributed by atoms with Gasteiger partial charge in [-0.05, 0) is 18.2 Å². The smallest absolute Gasteiger partial charge is 0.340 e. The summed E-state index contributed by atoms with van der Waals surface area (Å²) in [5, 5.41) is 0. The molecule has 2 nitrogen and oxygen atoms in total. The van der Waals surface area contributed by atoms with E-state index in [0.717, 1.165) is 4.90 Å². The standard InChI is InChI=1S/C11H10ClF4NO/c1-17(5-4-12)10(18)8-6-7(11(14,15)16)2-3-9(8)13/h2-3,6H,4-5H2,1H3. The molecule has 0 fully saturated rings. The van der Waals surface area contributed by atoms with Crippen LogP contribution in [0.25, 0.3) is 0 Å². The monoisotopic (exact) mass is 283 g/mol. The van der Waals surface area contributed by atoms with Gasteiger partial charge in [-0.25, -0.2) is 4.39 Å². The third kappa shape index (κ3) is 3.35. The van der Waals surface area contributed by atoms with Gasteiger partial charge in [0.1, 0.15) is 5.82 Å². The fourth-order valence-corrected chi connectivity index (χ4v) is 1.55. The summed E-state index contributed by atoms with van der Waals surface area (Å²) in [6.07, 6.45) is -4.62. The minimum Gasteiger partial charge on any atom is -0.340 e. The van der Waals surface area contributed by atoms with E-state index in [1.54, 1.807) is 0 Å². The Kier molecular flexibility index (Phi) is 4.56. The van der Waals surface area contributed by atoms with Crippen molar-refractivity contribution in [3.63, 3.8) is 0 Å². The second-order valence-electron chi connectivity index (χ2n) is 3.61. The molecule has 0 atom stereocenters. The van der Waals surface area contributed by atoms with Gasteiger partial charge < -0.3 is 4.90 Å². The Morgan fingerprint density at radius 1 is 1.39 bits per heavy atom. The molecule has 0 radical (unpaired) electrons. The molecule has 1 amide bonds. The molecule has 0 saturated heterocycles. The lowest BCUT2D eigenvalue weighted by Gasteiger charge is -2.17. The number of carbonyl (C=O) groups is 1. The fraction of sp³-hybridized carbons (Fsp3) is 0.364. The molecule has 0 unspecified atom stereocenters. The van der Waals surface area contributed by atoms with Gasteiger partial charge in [-0.15, -0.1) is 11.6 Å². The lowest BCUT2D eigenvalue weighted by Crippen LogP contribution is -2.29. The molecule has 0 bridgehead atoms. The van der Waals surface area contributed by atoms with Crippen LogP contribution >= 0.6 is 11.6 Å². The maximum absolute atomic E-state index is 13.4. The molecule has 0 heterocycles. The molecule has 1 aromatic rings. The molecule has 0 saturated carbocycles. The number of halogens is 5. The summed E-state index contributed by atoms with van der Waals surface area (Å²) in [4.78, 5) is 12.8. The van der Waals surface area contributed by atoms with E-state index >= 15 is 0 Å². The number of rotatable bonds is 3. The molecule has 0 aromatic heterocycles. The van der Waals surface area contributed by atoms with Crippen molar-refractivity contribution in [1.82, 2.24) is 4.90 Å². The highest BCUT2D eigenvalue weighted by Crippen LogP contribution is 2.30. The molecule has 1 aromatic carbocycles. The van der Waals surface area contributed by atoms with Gasteiger partial charge in [0.05, 0.1) is 11.1 Å². The SMILES string of the molecule is CN(CCCl)C(=O)c1cc(C(F)(F)F)ccc1F. The van der Waals surface area contributed by atoms with Gasteiger partial charge in [0.2, 0.25) is 0 Å². The third-order valence-electron chi connectivity index (χ3n) is 2.29. The maximum atomic E-state index is 13.4. The van der Waals surface area contributed by atoms with Crippen molar-refractivity contribution in [2.24, 2.45) is 0 Å². The zero-order chi connectivity index (χ0) is 13.9. The molecule has 0 aliphatic carbocycles. The van der Waals surface area contributed by atoms with Crippen molar-refractivity contribution in [2.75, 3.05) is 19.5 Å². The van der Waals surface area contributed by atoms with Crippen LogP contribution in [0.15, 0.2) is 18.2 Å². The largest absolute Gasteiger partial charge is 0.416 e. The Hall–Kier alpha value is -1.30. The fourth-order valence-electron chi connectivity index (χ4n) is 1.30. The van der Waals surface area contributed by atoms with Crippen LogP contribution in [-0.2, 0) is 6.18 Å². The van der Waals surface area contributed by atoms with E-state index in [4.69, 9.17) is 11.6 Å². The highest BCUT2D eigenvalue weighted by atomic mass is 35.5. The molecule has 0 spiro atoms. The van der Waals surface area contributed by atoms with Crippen LogP contribution < -0.4 is 0 Å². The number of carbonyl (C=O) groups excluding carboxylic acids is 1. The first-order chi connectivity index (χ1) is 8.27. The van der Waals surface area contributed by atoms with Crippen molar-refractivity contribution < 1.29 is 22.4 Å². The first-order valence-electron chi connectivity index (χ1n) is 4.95. The van der Waals surface area contributed by atoms with E-state index in [-0.39, 0.29) is 12.4 Å². The van der Waals surface area contributed by atoms with Crippen molar-refractivity contribution >= 4 is 17.5 Å². The van der Waals surface area contributed by atoms with E-state index in [1.165, 1.54) is 7.05 Å². The highest BCUT2D eigenvalue weighted by molar-refractivity contribution is 6.18. The first kappa shape index (κ1) is 14.8. The van der Waals surface area contributed by atoms with E-state index in [9.17, 15) is 22.4 Å². The molecule has 1 rings (SSSR count). The molecule has 7 heteroatoms. The van der Waals surface area contributed by atoms with Crippen molar-refractivity contribution in [2.45, 2.75) is 6.18 Å². The number of nitrogens with zero attached hydrogens (tertiary/aromatic N) is 1. The Balaban J connectivity index is 3.12. The molecule has 0 aliphatic rings. The van der Waals surface area contributed by atoms with E-state index in [2.05, 4.69) is 0 Å². The van der Waals surface area contributed by atoms with Gasteiger partial charge in [0, 0.05) is 19.5 Å².